The molecule has 1 aromatic heterocycles. The molecule has 3 heterocycles. The lowest BCUT2D eigenvalue weighted by Crippen LogP contribution is -2.62. The molecule has 1 aliphatic carbocycles. The van der Waals surface area contributed by atoms with E-state index in [9.17, 15) is 4.39 Å². The molecule has 3 aliphatic rings. The number of nitrogens with one attached hydrogen (secondary N) is 1. The third-order valence-electron chi connectivity index (χ3n) is 5.58. The van der Waals surface area contributed by atoms with E-state index in [1.54, 1.807) is 16.8 Å². The molecule has 2 unspecified atom stereocenters. The summed E-state index contributed by atoms with van der Waals surface area (Å²) in [6.45, 7) is 7.64. The third kappa shape index (κ3) is 4.26. The molecule has 9 heteroatoms. The van der Waals surface area contributed by atoms with Crippen LogP contribution in [0.15, 0.2) is 36.0 Å². The van der Waals surface area contributed by atoms with Gasteiger partial charge in [0, 0.05) is 30.9 Å². The molecule has 2 aliphatic heterocycles. The number of fused-ring (bicyclic) bond motifs is 2. The lowest BCUT2D eigenvalue weighted by Gasteiger charge is -2.54. The lowest BCUT2D eigenvalue weighted by atomic mass is 9.66. The largest absolute Gasteiger partial charge is 0.424 e. The molecular formula is C21H27FN6OS. The first kappa shape index (κ1) is 20.6. The molecule has 3 atom stereocenters. The number of anilines is 1. The number of ether oxygens (including phenoxy) is 1. The van der Waals surface area contributed by atoms with Crippen LogP contribution in [0.3, 0.4) is 0 Å². The van der Waals surface area contributed by atoms with Crippen molar-refractivity contribution in [1.29, 1.82) is 0 Å². The van der Waals surface area contributed by atoms with E-state index >= 15 is 0 Å². The summed E-state index contributed by atoms with van der Waals surface area (Å²) in [7, 11) is 0. The molecule has 5 rings (SSSR count). The molecular weight excluding hydrogens is 403 g/mol. The van der Waals surface area contributed by atoms with Crippen LogP contribution in [0.5, 0.6) is 11.8 Å². The number of halogens is 1. The van der Waals surface area contributed by atoms with Crippen molar-refractivity contribution >= 4 is 23.2 Å². The number of thiocarbonyl (C=S) groups is 1. The van der Waals surface area contributed by atoms with Crippen molar-refractivity contribution < 1.29 is 9.13 Å². The van der Waals surface area contributed by atoms with Gasteiger partial charge in [0.05, 0.1) is 6.04 Å². The summed E-state index contributed by atoms with van der Waals surface area (Å²) in [4.78, 5) is 7.56. The van der Waals surface area contributed by atoms with E-state index in [-0.39, 0.29) is 11.9 Å². The van der Waals surface area contributed by atoms with Gasteiger partial charge in [0.15, 0.2) is 0 Å². The standard InChI is InChI=1S/C21H27FN6OS/c1-12(2)28-21(29-17-6-4-5-16(22)9-17)25-20(26-28)24-19-14-8-15(19)11-27(10-14)18(30)7-13(3)23/h4-7,9,12,14-15,19H,8,10-11,23H2,1-3H3,(H,24,26)/t14-,15?,19?/m0/s1. The SMILES string of the molecule is CC(N)=CC(=S)N1CC2C[C@@H](C1)C2Nc1nc(Oc2cccc(F)c2)n(C(C)C)n1. The summed E-state index contributed by atoms with van der Waals surface area (Å²) >= 11 is 5.49. The van der Waals surface area contributed by atoms with Crippen molar-refractivity contribution in [3.05, 3.63) is 41.9 Å². The average Bonchev–Trinajstić information content (AvgIpc) is 3.08. The number of nitrogens with two attached hydrogens (primary N) is 1. The minimum absolute atomic E-state index is 0.0525. The molecule has 0 spiro atoms. The summed E-state index contributed by atoms with van der Waals surface area (Å²) in [6, 6.07) is 6.70. The lowest BCUT2D eigenvalue weighted by molar-refractivity contribution is 0.0514. The Morgan fingerprint density at radius 3 is 2.73 bits per heavy atom. The second-order valence-corrected chi connectivity index (χ2v) is 8.79. The van der Waals surface area contributed by atoms with Crippen LogP contribution in [0.25, 0.3) is 0 Å². The van der Waals surface area contributed by atoms with Crippen LogP contribution < -0.4 is 15.8 Å². The van der Waals surface area contributed by atoms with Crippen LogP contribution in [0.2, 0.25) is 0 Å². The Kier molecular flexibility index (Phi) is 5.64. The molecule has 2 bridgehead atoms. The summed E-state index contributed by atoms with van der Waals surface area (Å²) in [5, 5.41) is 8.07. The number of nitrogens with zero attached hydrogens (tertiary/aromatic N) is 4. The van der Waals surface area contributed by atoms with Gasteiger partial charge in [-0.05, 0) is 57.2 Å². The number of allylic oxidation sites excluding steroid dienone is 1. The van der Waals surface area contributed by atoms with Gasteiger partial charge in [0.25, 0.3) is 0 Å². The zero-order valence-electron chi connectivity index (χ0n) is 17.4. The molecule has 1 saturated carbocycles. The van der Waals surface area contributed by atoms with Gasteiger partial charge in [-0.15, -0.1) is 5.10 Å². The van der Waals surface area contributed by atoms with Crippen molar-refractivity contribution in [2.24, 2.45) is 17.6 Å². The minimum Gasteiger partial charge on any atom is -0.424 e. The minimum atomic E-state index is -0.356. The first-order valence-electron chi connectivity index (χ1n) is 10.2. The Balaban J connectivity index is 1.45. The van der Waals surface area contributed by atoms with E-state index in [1.807, 2.05) is 26.8 Å². The molecule has 0 radical (unpaired) electrons. The van der Waals surface area contributed by atoms with Gasteiger partial charge in [-0.25, -0.2) is 9.07 Å². The average molecular weight is 431 g/mol. The van der Waals surface area contributed by atoms with E-state index in [4.69, 9.17) is 22.7 Å². The molecule has 160 valence electrons. The quantitative estimate of drug-likeness (QED) is 0.534. The molecule has 3 fully saturated rings. The highest BCUT2D eigenvalue weighted by molar-refractivity contribution is 7.80. The van der Waals surface area contributed by atoms with E-state index in [0.717, 1.165) is 23.8 Å². The number of hydrogen-bond acceptors (Lipinski definition) is 6. The van der Waals surface area contributed by atoms with Crippen molar-refractivity contribution in [2.45, 2.75) is 39.3 Å². The first-order valence-corrected chi connectivity index (χ1v) is 10.6. The van der Waals surface area contributed by atoms with Gasteiger partial charge >= 0.3 is 6.01 Å². The molecule has 3 N–H and O–H groups in total. The summed E-state index contributed by atoms with van der Waals surface area (Å²) in [6.07, 6.45) is 3.02. The Morgan fingerprint density at radius 2 is 2.10 bits per heavy atom. The van der Waals surface area contributed by atoms with Crippen molar-refractivity contribution in [3.63, 3.8) is 0 Å². The summed E-state index contributed by atoms with van der Waals surface area (Å²) in [5.74, 6) is 1.52. The maximum atomic E-state index is 13.5. The van der Waals surface area contributed by atoms with Gasteiger partial charge in [-0.2, -0.15) is 4.98 Å². The van der Waals surface area contributed by atoms with Crippen molar-refractivity contribution in [1.82, 2.24) is 19.7 Å². The second kappa shape index (κ2) is 8.22. The molecule has 2 aromatic rings. The topological polar surface area (TPSA) is 81.2 Å². The number of aromatic nitrogens is 3. The van der Waals surface area contributed by atoms with Crippen LogP contribution in [0.4, 0.5) is 10.3 Å². The first-order chi connectivity index (χ1) is 14.3. The zero-order valence-corrected chi connectivity index (χ0v) is 18.2. The normalized spacial score (nSPS) is 23.3. The summed E-state index contributed by atoms with van der Waals surface area (Å²) < 4.78 is 21.0. The van der Waals surface area contributed by atoms with Crippen LogP contribution >= 0.6 is 12.2 Å². The fraction of sp³-hybridized carbons (Fsp3) is 0.476. The molecule has 30 heavy (non-hydrogen) atoms. The van der Waals surface area contributed by atoms with Gasteiger partial charge in [0.1, 0.15) is 16.6 Å². The predicted octanol–water partition coefficient (Wildman–Crippen LogP) is 3.71. The second-order valence-electron chi connectivity index (χ2n) is 8.37. The zero-order chi connectivity index (χ0) is 21.4. The Labute approximate surface area is 181 Å². The van der Waals surface area contributed by atoms with Crippen LogP contribution in [0, 0.1) is 17.7 Å². The van der Waals surface area contributed by atoms with Crippen molar-refractivity contribution in [3.8, 4) is 11.8 Å². The van der Waals surface area contributed by atoms with Crippen molar-refractivity contribution in [2.75, 3.05) is 18.4 Å². The predicted molar refractivity (Wildman–Crippen MR) is 118 cm³/mol. The Bertz CT molecular complexity index is 958. The van der Waals surface area contributed by atoms with E-state index < -0.39 is 0 Å². The number of piperidine rings is 2. The number of rotatable bonds is 6. The van der Waals surface area contributed by atoms with Crippen LogP contribution in [-0.4, -0.2) is 43.8 Å². The third-order valence-corrected chi connectivity index (χ3v) is 5.96. The molecule has 7 nitrogen and oxygen atoms in total. The van der Waals surface area contributed by atoms with Crippen LogP contribution in [0.1, 0.15) is 33.2 Å². The smallest absolute Gasteiger partial charge is 0.322 e. The highest BCUT2D eigenvalue weighted by atomic mass is 32.1. The van der Waals surface area contributed by atoms with Crippen LogP contribution in [-0.2, 0) is 0 Å². The fourth-order valence-electron chi connectivity index (χ4n) is 4.15. The highest BCUT2D eigenvalue weighted by Crippen LogP contribution is 2.42. The number of benzene rings is 1. The highest BCUT2D eigenvalue weighted by Gasteiger charge is 2.47. The molecule has 1 aromatic carbocycles. The van der Waals surface area contributed by atoms with Gasteiger partial charge in [-0.3, -0.25) is 0 Å². The van der Waals surface area contributed by atoms with E-state index in [1.165, 1.54) is 18.6 Å². The summed E-state index contributed by atoms with van der Waals surface area (Å²) in [5.41, 5.74) is 6.49. The number of hydrogen-bond donors (Lipinski definition) is 2. The maximum absolute atomic E-state index is 13.5. The fourth-order valence-corrected chi connectivity index (χ4v) is 4.49. The molecule has 0 amide bonds. The van der Waals surface area contributed by atoms with Gasteiger partial charge < -0.3 is 20.7 Å². The Morgan fingerprint density at radius 1 is 1.37 bits per heavy atom. The van der Waals surface area contributed by atoms with E-state index in [2.05, 4.69) is 20.3 Å². The molecule has 2 saturated heterocycles. The monoisotopic (exact) mass is 430 g/mol. The van der Waals surface area contributed by atoms with Gasteiger partial charge in [-0.1, -0.05) is 18.3 Å². The van der Waals surface area contributed by atoms with E-state index in [0.29, 0.717) is 35.6 Å². The Hall–Kier alpha value is -2.68. The van der Waals surface area contributed by atoms with Gasteiger partial charge in [0.2, 0.25) is 5.95 Å². The maximum Gasteiger partial charge on any atom is 0.322 e.